The minimum absolute atomic E-state index is 0.251. The molecule has 0 radical (unpaired) electrons. The lowest BCUT2D eigenvalue weighted by Crippen LogP contribution is -2.22. The summed E-state index contributed by atoms with van der Waals surface area (Å²) < 4.78 is 0. The van der Waals surface area contributed by atoms with E-state index in [-0.39, 0.29) is 5.91 Å². The molecule has 0 unspecified atom stereocenters. The van der Waals surface area contributed by atoms with Crippen LogP contribution < -0.4 is 10.3 Å². The number of carbonyl (C=O) groups excluding carboxylic acids is 1. The lowest BCUT2D eigenvalue weighted by atomic mass is 10.2. The van der Waals surface area contributed by atoms with E-state index in [2.05, 4.69) is 29.3 Å². The summed E-state index contributed by atoms with van der Waals surface area (Å²) in [5.41, 5.74) is 4.94. The highest BCUT2D eigenvalue weighted by Gasteiger charge is 2.06. The molecular weight excluding hydrogens is 310 g/mol. The molecule has 4 nitrogen and oxygen atoms in total. The minimum Gasteiger partial charge on any atom is -0.372 e. The molecule has 0 aromatic heterocycles. The molecule has 0 bridgehead atoms. The quantitative estimate of drug-likeness (QED) is 0.644. The van der Waals surface area contributed by atoms with Crippen LogP contribution in [0.5, 0.6) is 0 Å². The van der Waals surface area contributed by atoms with Gasteiger partial charge in [0.05, 0.1) is 6.21 Å². The minimum atomic E-state index is -0.251. The third-order valence-corrected chi connectivity index (χ3v) is 3.88. The highest BCUT2D eigenvalue weighted by Crippen LogP contribution is 2.15. The maximum Gasteiger partial charge on any atom is 0.271 e. The molecule has 0 saturated carbocycles. The van der Waals surface area contributed by atoms with Crippen LogP contribution in [0.15, 0.2) is 53.6 Å². The predicted molar refractivity (Wildman–Crippen MR) is 96.5 cm³/mol. The third kappa shape index (κ3) is 4.57. The lowest BCUT2D eigenvalue weighted by Gasteiger charge is -2.20. The number of benzene rings is 2. The summed E-state index contributed by atoms with van der Waals surface area (Å²) in [7, 11) is 0. The highest BCUT2D eigenvalue weighted by molar-refractivity contribution is 6.33. The van der Waals surface area contributed by atoms with E-state index in [1.807, 2.05) is 30.3 Å². The molecule has 0 aliphatic heterocycles. The molecular formula is C18H20ClN3O. The molecule has 0 atom stereocenters. The molecule has 0 fully saturated rings. The SMILES string of the molecule is CCN(CC)c1ccc(C(=O)N/N=C/c2ccccc2Cl)cc1. The van der Waals surface area contributed by atoms with Crippen LogP contribution >= 0.6 is 11.6 Å². The Bertz CT molecular complexity index is 679. The van der Waals surface area contributed by atoms with Crippen molar-refractivity contribution in [1.82, 2.24) is 5.43 Å². The second kappa shape index (κ2) is 8.34. The van der Waals surface area contributed by atoms with E-state index in [1.54, 1.807) is 18.2 Å². The van der Waals surface area contributed by atoms with Crippen LogP contribution in [0.2, 0.25) is 5.02 Å². The Balaban J connectivity index is 2.00. The van der Waals surface area contributed by atoms with E-state index < -0.39 is 0 Å². The first-order chi connectivity index (χ1) is 11.2. The van der Waals surface area contributed by atoms with E-state index in [1.165, 1.54) is 6.21 Å². The van der Waals surface area contributed by atoms with Crippen molar-refractivity contribution in [3.05, 3.63) is 64.7 Å². The second-order valence-corrected chi connectivity index (χ2v) is 5.35. The summed E-state index contributed by atoms with van der Waals surface area (Å²) in [6, 6.07) is 14.8. The smallest absolute Gasteiger partial charge is 0.271 e. The number of carbonyl (C=O) groups is 1. The Labute approximate surface area is 141 Å². The van der Waals surface area contributed by atoms with Crippen LogP contribution in [0, 0.1) is 0 Å². The number of halogens is 1. The highest BCUT2D eigenvalue weighted by atomic mass is 35.5. The fourth-order valence-corrected chi connectivity index (χ4v) is 2.40. The molecule has 0 heterocycles. The first kappa shape index (κ1) is 17.0. The number of amides is 1. The molecule has 2 aromatic carbocycles. The van der Waals surface area contributed by atoms with Crippen molar-refractivity contribution in [2.24, 2.45) is 5.10 Å². The summed E-state index contributed by atoms with van der Waals surface area (Å²) in [5, 5.41) is 4.54. The topological polar surface area (TPSA) is 44.7 Å². The van der Waals surface area contributed by atoms with Gasteiger partial charge in [-0.1, -0.05) is 29.8 Å². The average Bonchev–Trinajstić information content (AvgIpc) is 2.58. The molecule has 120 valence electrons. The van der Waals surface area contributed by atoms with E-state index >= 15 is 0 Å². The van der Waals surface area contributed by atoms with E-state index in [0.717, 1.165) is 24.3 Å². The van der Waals surface area contributed by atoms with Crippen molar-refractivity contribution in [2.75, 3.05) is 18.0 Å². The Morgan fingerprint density at radius 2 is 1.78 bits per heavy atom. The van der Waals surface area contributed by atoms with Crippen LogP contribution in [-0.2, 0) is 0 Å². The first-order valence-electron chi connectivity index (χ1n) is 7.58. The standard InChI is InChI=1S/C18H20ClN3O/c1-3-22(4-2)16-11-9-14(10-12-16)18(23)21-20-13-15-7-5-6-8-17(15)19/h5-13H,3-4H2,1-2H3,(H,21,23)/b20-13+. The Morgan fingerprint density at radius 3 is 2.39 bits per heavy atom. The van der Waals surface area contributed by atoms with Gasteiger partial charge >= 0.3 is 0 Å². The summed E-state index contributed by atoms with van der Waals surface area (Å²) in [4.78, 5) is 14.3. The Kier molecular flexibility index (Phi) is 6.18. The van der Waals surface area contributed by atoms with Crippen molar-refractivity contribution in [3.63, 3.8) is 0 Å². The van der Waals surface area contributed by atoms with Crippen LogP contribution in [0.25, 0.3) is 0 Å². The van der Waals surface area contributed by atoms with Gasteiger partial charge in [0.15, 0.2) is 0 Å². The number of nitrogens with one attached hydrogen (secondary N) is 1. The lowest BCUT2D eigenvalue weighted by molar-refractivity contribution is 0.0955. The molecule has 5 heteroatoms. The molecule has 2 aromatic rings. The number of hydrogen-bond donors (Lipinski definition) is 1. The van der Waals surface area contributed by atoms with Crippen molar-refractivity contribution in [3.8, 4) is 0 Å². The van der Waals surface area contributed by atoms with Gasteiger partial charge < -0.3 is 4.90 Å². The van der Waals surface area contributed by atoms with E-state index in [0.29, 0.717) is 10.6 Å². The summed E-state index contributed by atoms with van der Waals surface area (Å²) in [6.45, 7) is 6.08. The van der Waals surface area contributed by atoms with Crippen molar-refractivity contribution in [2.45, 2.75) is 13.8 Å². The molecule has 0 aliphatic carbocycles. The van der Waals surface area contributed by atoms with Gasteiger partial charge in [-0.25, -0.2) is 5.43 Å². The van der Waals surface area contributed by atoms with Gasteiger partial charge in [0.2, 0.25) is 0 Å². The summed E-state index contributed by atoms with van der Waals surface area (Å²) in [6.07, 6.45) is 1.53. The number of hydrogen-bond acceptors (Lipinski definition) is 3. The van der Waals surface area contributed by atoms with Gasteiger partial charge in [-0.3, -0.25) is 4.79 Å². The summed E-state index contributed by atoms with van der Waals surface area (Å²) >= 11 is 6.02. The van der Waals surface area contributed by atoms with Crippen molar-refractivity contribution >= 4 is 29.4 Å². The van der Waals surface area contributed by atoms with Gasteiger partial charge in [0, 0.05) is 34.9 Å². The van der Waals surface area contributed by atoms with Crippen molar-refractivity contribution < 1.29 is 4.79 Å². The third-order valence-electron chi connectivity index (χ3n) is 3.53. The van der Waals surface area contributed by atoms with Gasteiger partial charge in [0.1, 0.15) is 0 Å². The molecule has 0 spiro atoms. The Morgan fingerprint density at radius 1 is 1.13 bits per heavy atom. The predicted octanol–water partition coefficient (Wildman–Crippen LogP) is 3.95. The number of rotatable bonds is 6. The zero-order chi connectivity index (χ0) is 16.7. The average molecular weight is 330 g/mol. The van der Waals surface area contributed by atoms with Crippen LogP contribution in [0.4, 0.5) is 5.69 Å². The van der Waals surface area contributed by atoms with Crippen LogP contribution in [0.1, 0.15) is 29.8 Å². The molecule has 2 rings (SSSR count). The molecule has 23 heavy (non-hydrogen) atoms. The van der Waals surface area contributed by atoms with Gasteiger partial charge in [-0.2, -0.15) is 5.10 Å². The number of nitrogens with zero attached hydrogens (tertiary/aromatic N) is 2. The fourth-order valence-electron chi connectivity index (χ4n) is 2.22. The fraction of sp³-hybridized carbons (Fsp3) is 0.222. The largest absolute Gasteiger partial charge is 0.372 e. The first-order valence-corrected chi connectivity index (χ1v) is 7.96. The molecule has 0 aliphatic rings. The Hall–Kier alpha value is -2.33. The monoisotopic (exact) mass is 329 g/mol. The number of hydrazone groups is 1. The van der Waals surface area contributed by atoms with E-state index in [4.69, 9.17) is 11.6 Å². The maximum atomic E-state index is 12.1. The molecule has 0 saturated heterocycles. The van der Waals surface area contributed by atoms with Gasteiger partial charge in [-0.05, 0) is 44.2 Å². The normalized spacial score (nSPS) is 10.7. The maximum absolute atomic E-state index is 12.1. The summed E-state index contributed by atoms with van der Waals surface area (Å²) in [5.74, 6) is -0.251. The van der Waals surface area contributed by atoms with Crippen molar-refractivity contribution in [1.29, 1.82) is 0 Å². The molecule has 1 amide bonds. The number of anilines is 1. The second-order valence-electron chi connectivity index (χ2n) is 4.94. The van der Waals surface area contributed by atoms with E-state index in [9.17, 15) is 4.79 Å². The van der Waals surface area contributed by atoms with Crippen LogP contribution in [0.3, 0.4) is 0 Å². The zero-order valence-corrected chi connectivity index (χ0v) is 14.0. The molecule has 1 N–H and O–H groups in total. The van der Waals surface area contributed by atoms with Gasteiger partial charge in [-0.15, -0.1) is 0 Å². The van der Waals surface area contributed by atoms with Crippen LogP contribution in [-0.4, -0.2) is 25.2 Å². The van der Waals surface area contributed by atoms with Gasteiger partial charge in [0.25, 0.3) is 5.91 Å². The zero-order valence-electron chi connectivity index (χ0n) is 13.3.